The number of rotatable bonds is 5. The Balaban J connectivity index is 2.30. The average molecular weight is 504 g/mol. The molecular formula is C28H42FNO4Si. The SMILES string of the molecule is CC(=O)N1C(=O)[C@]2(C[C@H]([Si](C(C)C)(C(C)C)C(C)C)C[C@@H]2C(=O)OC(C)(C)C)c2cc(F)ccc21. The summed E-state index contributed by atoms with van der Waals surface area (Å²) in [5.74, 6) is -2.53. The molecule has 0 N–H and O–H groups in total. The van der Waals surface area contributed by atoms with E-state index in [-0.39, 0.29) is 5.54 Å². The fourth-order valence-corrected chi connectivity index (χ4v) is 16.0. The first-order valence-electron chi connectivity index (χ1n) is 12.9. The van der Waals surface area contributed by atoms with Crippen LogP contribution in [0.5, 0.6) is 0 Å². The molecule has 1 aromatic rings. The van der Waals surface area contributed by atoms with Crippen LogP contribution in [0, 0.1) is 11.7 Å². The topological polar surface area (TPSA) is 63.7 Å². The van der Waals surface area contributed by atoms with E-state index in [4.69, 9.17) is 4.74 Å². The van der Waals surface area contributed by atoms with Gasteiger partial charge < -0.3 is 4.74 Å². The van der Waals surface area contributed by atoms with Gasteiger partial charge in [0.25, 0.3) is 0 Å². The second-order valence-corrected chi connectivity index (χ2v) is 18.8. The van der Waals surface area contributed by atoms with Crippen LogP contribution >= 0.6 is 0 Å². The first-order chi connectivity index (χ1) is 16.0. The molecule has 3 rings (SSSR count). The fourth-order valence-electron chi connectivity index (χ4n) is 7.90. The van der Waals surface area contributed by atoms with Crippen LogP contribution in [0.3, 0.4) is 0 Å². The van der Waals surface area contributed by atoms with Gasteiger partial charge in [0, 0.05) is 6.92 Å². The van der Waals surface area contributed by atoms with E-state index < -0.39 is 48.6 Å². The number of nitrogens with zero attached hydrogens (tertiary/aromatic N) is 1. The van der Waals surface area contributed by atoms with E-state index in [1.165, 1.54) is 25.1 Å². The van der Waals surface area contributed by atoms with Crippen molar-refractivity contribution in [3.63, 3.8) is 0 Å². The summed E-state index contributed by atoms with van der Waals surface area (Å²) in [6, 6.07) is 4.13. The average Bonchev–Trinajstić information content (AvgIpc) is 3.18. The van der Waals surface area contributed by atoms with E-state index in [0.717, 1.165) is 4.90 Å². The zero-order valence-electron chi connectivity index (χ0n) is 23.0. The van der Waals surface area contributed by atoms with Crippen LogP contribution in [0.1, 0.15) is 87.6 Å². The Bertz CT molecular complexity index is 1010. The number of hydrogen-bond acceptors (Lipinski definition) is 4. The number of ether oxygens (including phenoxy) is 1. The van der Waals surface area contributed by atoms with Crippen molar-refractivity contribution in [1.29, 1.82) is 0 Å². The highest BCUT2D eigenvalue weighted by Gasteiger charge is 2.67. The molecule has 194 valence electrons. The van der Waals surface area contributed by atoms with Gasteiger partial charge in [0.1, 0.15) is 11.4 Å². The maximum atomic E-state index is 14.6. The van der Waals surface area contributed by atoms with Gasteiger partial charge in [-0.2, -0.15) is 0 Å². The van der Waals surface area contributed by atoms with E-state index in [2.05, 4.69) is 41.5 Å². The summed E-state index contributed by atoms with van der Waals surface area (Å²) in [4.78, 5) is 41.8. The van der Waals surface area contributed by atoms with E-state index >= 15 is 0 Å². The molecule has 7 heteroatoms. The minimum Gasteiger partial charge on any atom is -0.460 e. The third-order valence-corrected chi connectivity index (χ3v) is 16.5. The maximum Gasteiger partial charge on any atom is 0.310 e. The van der Waals surface area contributed by atoms with E-state index in [0.29, 0.717) is 40.7 Å². The van der Waals surface area contributed by atoms with Gasteiger partial charge in [0.05, 0.1) is 25.1 Å². The monoisotopic (exact) mass is 503 g/mol. The predicted molar refractivity (Wildman–Crippen MR) is 140 cm³/mol. The summed E-state index contributed by atoms with van der Waals surface area (Å²) in [5, 5.41) is 0. The van der Waals surface area contributed by atoms with Crippen LogP contribution in [0.4, 0.5) is 10.1 Å². The minimum atomic E-state index is -2.11. The van der Waals surface area contributed by atoms with Crippen LogP contribution in [-0.2, 0) is 24.5 Å². The molecule has 1 aliphatic carbocycles. The second kappa shape index (κ2) is 9.13. The molecule has 1 spiro atoms. The van der Waals surface area contributed by atoms with Crippen molar-refractivity contribution in [2.24, 2.45) is 5.92 Å². The predicted octanol–water partition coefficient (Wildman–Crippen LogP) is 6.76. The van der Waals surface area contributed by atoms with Crippen LogP contribution < -0.4 is 4.90 Å². The third kappa shape index (κ3) is 4.17. The van der Waals surface area contributed by atoms with Gasteiger partial charge in [-0.05, 0) is 62.9 Å². The van der Waals surface area contributed by atoms with Gasteiger partial charge in [-0.25, -0.2) is 9.29 Å². The maximum absolute atomic E-state index is 14.6. The zero-order valence-corrected chi connectivity index (χ0v) is 24.0. The lowest BCUT2D eigenvalue weighted by Gasteiger charge is -2.48. The number of carbonyl (C=O) groups is 3. The highest BCUT2D eigenvalue weighted by molar-refractivity contribution is 6.85. The summed E-state index contributed by atoms with van der Waals surface area (Å²) in [6.07, 6.45) is 0.958. The first-order valence-corrected chi connectivity index (χ1v) is 15.2. The number of fused-ring (bicyclic) bond motifs is 2. The Morgan fingerprint density at radius 2 is 1.63 bits per heavy atom. The molecule has 2 amide bonds. The molecule has 1 fully saturated rings. The molecule has 1 aromatic carbocycles. The van der Waals surface area contributed by atoms with Crippen LogP contribution in [0.2, 0.25) is 22.2 Å². The number of amides is 2. The molecule has 1 aliphatic heterocycles. The summed E-state index contributed by atoms with van der Waals surface area (Å²) in [6.45, 7) is 20.4. The molecular weight excluding hydrogens is 461 g/mol. The molecule has 1 saturated carbocycles. The molecule has 0 aromatic heterocycles. The van der Waals surface area contributed by atoms with Gasteiger partial charge in [0.15, 0.2) is 0 Å². The van der Waals surface area contributed by atoms with Gasteiger partial charge in [-0.15, -0.1) is 0 Å². The first kappa shape index (κ1) is 27.6. The quantitative estimate of drug-likeness (QED) is 0.329. The Labute approximate surface area is 210 Å². The van der Waals surface area contributed by atoms with Crippen molar-refractivity contribution in [3.05, 3.63) is 29.6 Å². The smallest absolute Gasteiger partial charge is 0.310 e. The van der Waals surface area contributed by atoms with Gasteiger partial charge in [-0.3, -0.25) is 14.4 Å². The number of imide groups is 1. The van der Waals surface area contributed by atoms with Crippen LogP contribution in [0.15, 0.2) is 18.2 Å². The summed E-state index contributed by atoms with van der Waals surface area (Å²) >= 11 is 0. The van der Waals surface area contributed by atoms with Crippen molar-refractivity contribution < 1.29 is 23.5 Å². The summed E-state index contributed by atoms with van der Waals surface area (Å²) in [5.41, 5.74) is 0.239. The van der Waals surface area contributed by atoms with Crippen molar-refractivity contribution in [2.75, 3.05) is 4.90 Å². The largest absolute Gasteiger partial charge is 0.460 e. The Hall–Kier alpha value is -2.02. The molecule has 0 radical (unpaired) electrons. The fraction of sp³-hybridized carbons (Fsp3) is 0.679. The lowest BCUT2D eigenvalue weighted by molar-refractivity contribution is -0.163. The number of esters is 1. The highest BCUT2D eigenvalue weighted by atomic mass is 28.3. The summed E-state index contributed by atoms with van der Waals surface area (Å²) in [7, 11) is -2.11. The van der Waals surface area contributed by atoms with Gasteiger partial charge in [-0.1, -0.05) is 58.2 Å². The van der Waals surface area contributed by atoms with Crippen molar-refractivity contribution in [3.8, 4) is 0 Å². The van der Waals surface area contributed by atoms with Crippen LogP contribution in [0.25, 0.3) is 0 Å². The molecule has 2 aliphatic rings. The molecule has 3 atom stereocenters. The molecule has 5 nitrogen and oxygen atoms in total. The van der Waals surface area contributed by atoms with Crippen molar-refractivity contribution in [1.82, 2.24) is 0 Å². The normalized spacial score (nSPS) is 24.7. The number of hydrogen-bond donors (Lipinski definition) is 0. The second-order valence-electron chi connectivity index (χ2n) is 12.5. The van der Waals surface area contributed by atoms with Crippen molar-refractivity contribution in [2.45, 2.75) is 115 Å². The van der Waals surface area contributed by atoms with E-state index in [9.17, 15) is 18.8 Å². The van der Waals surface area contributed by atoms with Gasteiger partial charge >= 0.3 is 5.97 Å². The number of carbonyl (C=O) groups excluding carboxylic acids is 3. The molecule has 0 unspecified atom stereocenters. The lowest BCUT2D eigenvalue weighted by Crippen LogP contribution is -2.50. The van der Waals surface area contributed by atoms with E-state index in [1.807, 2.05) is 20.8 Å². The summed E-state index contributed by atoms with van der Waals surface area (Å²) < 4.78 is 20.5. The minimum absolute atomic E-state index is 0.145. The highest BCUT2D eigenvalue weighted by Crippen LogP contribution is 2.65. The number of anilines is 1. The van der Waals surface area contributed by atoms with E-state index in [1.54, 1.807) is 0 Å². The molecule has 0 saturated heterocycles. The van der Waals surface area contributed by atoms with Gasteiger partial charge in [0.2, 0.25) is 11.8 Å². The Morgan fingerprint density at radius 3 is 2.09 bits per heavy atom. The Morgan fingerprint density at radius 1 is 1.09 bits per heavy atom. The number of benzene rings is 1. The van der Waals surface area contributed by atoms with Crippen molar-refractivity contribution >= 4 is 31.5 Å². The van der Waals surface area contributed by atoms with Crippen LogP contribution in [-0.4, -0.2) is 31.5 Å². The number of halogens is 1. The molecule has 0 bridgehead atoms. The zero-order chi connectivity index (χ0) is 26.7. The standard InChI is InChI=1S/C28H42FNO4Si/c1-16(2)35(17(3)4,18(5)6)21-14-23(25(32)34-27(8,9)10)28(15-21)22-13-20(29)11-12-24(22)30(19(7)31)26(28)33/h11-13,16-18,21,23H,14-15H2,1-10H3/t21-,23-,28-/m1/s1. The molecule has 35 heavy (non-hydrogen) atoms. The molecule has 1 heterocycles. The lowest BCUT2D eigenvalue weighted by atomic mass is 9.73. The third-order valence-electron chi connectivity index (χ3n) is 8.66. The Kier molecular flexibility index (Phi) is 7.19.